The molecule has 0 radical (unpaired) electrons. The second-order valence-electron chi connectivity index (χ2n) is 7.47. The molecular formula is C17H32N4O. The van der Waals surface area contributed by atoms with E-state index in [0.717, 1.165) is 58.2 Å². The van der Waals surface area contributed by atoms with Gasteiger partial charge in [-0.1, -0.05) is 0 Å². The topological polar surface area (TPSA) is 30.0 Å². The van der Waals surface area contributed by atoms with Crippen LogP contribution in [0.1, 0.15) is 25.7 Å². The van der Waals surface area contributed by atoms with Crippen molar-refractivity contribution in [2.45, 2.75) is 31.7 Å². The van der Waals surface area contributed by atoms with Crippen molar-refractivity contribution in [1.82, 2.24) is 19.6 Å². The molecule has 1 amide bonds. The van der Waals surface area contributed by atoms with Crippen molar-refractivity contribution in [2.75, 3.05) is 66.5 Å². The third-order valence-electron chi connectivity index (χ3n) is 5.90. The summed E-state index contributed by atoms with van der Waals surface area (Å²) in [5.74, 6) is 0.710. The quantitative estimate of drug-likeness (QED) is 0.746. The summed E-state index contributed by atoms with van der Waals surface area (Å²) in [7, 11) is 4.37. The van der Waals surface area contributed by atoms with Crippen molar-refractivity contribution in [1.29, 1.82) is 0 Å². The molecule has 3 aliphatic heterocycles. The molecule has 3 saturated heterocycles. The van der Waals surface area contributed by atoms with Crippen molar-refractivity contribution in [3.63, 3.8) is 0 Å². The number of piperidine rings is 2. The number of likely N-dealkylation sites (tertiary alicyclic amines) is 2. The second kappa shape index (κ2) is 7.28. The van der Waals surface area contributed by atoms with E-state index in [1.807, 2.05) is 0 Å². The maximum absolute atomic E-state index is 12.7. The van der Waals surface area contributed by atoms with Gasteiger partial charge in [-0.25, -0.2) is 0 Å². The van der Waals surface area contributed by atoms with E-state index in [2.05, 4.69) is 33.7 Å². The number of hydrogen-bond donors (Lipinski definition) is 0. The minimum atomic E-state index is 0.283. The number of amides is 1. The fourth-order valence-corrected chi connectivity index (χ4v) is 4.18. The third kappa shape index (κ3) is 3.81. The molecule has 3 aliphatic rings. The summed E-state index contributed by atoms with van der Waals surface area (Å²) in [6.07, 6.45) is 4.67. The molecule has 0 unspecified atom stereocenters. The van der Waals surface area contributed by atoms with E-state index in [0.29, 0.717) is 5.91 Å². The van der Waals surface area contributed by atoms with E-state index in [1.54, 1.807) is 0 Å². The van der Waals surface area contributed by atoms with E-state index in [9.17, 15) is 4.79 Å². The number of hydrogen-bond acceptors (Lipinski definition) is 4. The highest BCUT2D eigenvalue weighted by molar-refractivity contribution is 5.79. The van der Waals surface area contributed by atoms with Crippen LogP contribution in [0.25, 0.3) is 0 Å². The summed E-state index contributed by atoms with van der Waals surface area (Å²) in [5, 5.41) is 0. The highest BCUT2D eigenvalue weighted by Gasteiger charge is 2.31. The van der Waals surface area contributed by atoms with Crippen LogP contribution in [0.4, 0.5) is 0 Å². The number of rotatable bonds is 2. The molecule has 126 valence electrons. The molecule has 3 rings (SSSR count). The van der Waals surface area contributed by atoms with E-state index < -0.39 is 0 Å². The molecule has 0 aromatic rings. The van der Waals surface area contributed by atoms with Crippen LogP contribution >= 0.6 is 0 Å². The van der Waals surface area contributed by atoms with Crippen molar-refractivity contribution in [3.05, 3.63) is 0 Å². The van der Waals surface area contributed by atoms with E-state index in [1.165, 1.54) is 25.9 Å². The standard InChI is InChI=1S/C17H32N4O/c1-18-7-3-15(4-8-18)17(22)21-13-11-20(12-14-21)16-5-9-19(2)10-6-16/h15-16H,3-14H2,1-2H3. The van der Waals surface area contributed by atoms with Crippen LogP contribution in [-0.4, -0.2) is 98.0 Å². The number of carbonyl (C=O) groups excluding carboxylic acids is 1. The maximum atomic E-state index is 12.7. The SMILES string of the molecule is CN1CCC(C(=O)N2CCN(C3CCN(C)CC3)CC2)CC1. The van der Waals surface area contributed by atoms with Gasteiger partial charge in [-0.15, -0.1) is 0 Å². The minimum absolute atomic E-state index is 0.283. The number of piperazine rings is 1. The smallest absolute Gasteiger partial charge is 0.225 e. The molecule has 0 spiro atoms. The number of nitrogens with zero attached hydrogens (tertiary/aromatic N) is 4. The van der Waals surface area contributed by atoms with Crippen LogP contribution in [0.3, 0.4) is 0 Å². The highest BCUT2D eigenvalue weighted by Crippen LogP contribution is 2.21. The van der Waals surface area contributed by atoms with Gasteiger partial charge in [0.25, 0.3) is 0 Å². The Morgan fingerprint density at radius 3 is 1.77 bits per heavy atom. The summed E-state index contributed by atoms with van der Waals surface area (Å²) < 4.78 is 0. The molecule has 0 bridgehead atoms. The summed E-state index contributed by atoms with van der Waals surface area (Å²) in [6.45, 7) is 8.63. The lowest BCUT2D eigenvalue weighted by molar-refractivity contribution is -0.139. The van der Waals surface area contributed by atoms with Gasteiger partial charge in [-0.05, 0) is 66.0 Å². The van der Waals surface area contributed by atoms with E-state index >= 15 is 0 Å². The Balaban J connectivity index is 1.44. The van der Waals surface area contributed by atoms with Crippen LogP contribution in [0.5, 0.6) is 0 Å². The fraction of sp³-hybridized carbons (Fsp3) is 0.941. The molecule has 3 heterocycles. The molecule has 22 heavy (non-hydrogen) atoms. The number of carbonyl (C=O) groups is 1. The lowest BCUT2D eigenvalue weighted by atomic mass is 9.95. The van der Waals surface area contributed by atoms with Crippen molar-refractivity contribution in [3.8, 4) is 0 Å². The lowest BCUT2D eigenvalue weighted by Gasteiger charge is -2.43. The van der Waals surface area contributed by atoms with Gasteiger partial charge < -0.3 is 14.7 Å². The molecule has 0 aromatic carbocycles. The molecule has 3 fully saturated rings. The Morgan fingerprint density at radius 1 is 0.727 bits per heavy atom. The Hall–Kier alpha value is -0.650. The molecule has 0 aromatic heterocycles. The second-order valence-corrected chi connectivity index (χ2v) is 7.47. The first-order chi connectivity index (χ1) is 10.6. The average Bonchev–Trinajstić information content (AvgIpc) is 2.56. The predicted molar refractivity (Wildman–Crippen MR) is 88.9 cm³/mol. The van der Waals surface area contributed by atoms with Crippen LogP contribution in [-0.2, 0) is 4.79 Å². The largest absolute Gasteiger partial charge is 0.340 e. The zero-order chi connectivity index (χ0) is 15.5. The summed E-state index contributed by atoms with van der Waals surface area (Å²) in [5.41, 5.74) is 0. The van der Waals surface area contributed by atoms with Gasteiger partial charge in [0.15, 0.2) is 0 Å². The Bertz CT molecular complexity index is 365. The Morgan fingerprint density at radius 2 is 1.23 bits per heavy atom. The van der Waals surface area contributed by atoms with Crippen LogP contribution < -0.4 is 0 Å². The normalized spacial score (nSPS) is 28.2. The van der Waals surface area contributed by atoms with Gasteiger partial charge in [0.05, 0.1) is 0 Å². The zero-order valence-corrected chi connectivity index (χ0v) is 14.3. The molecular weight excluding hydrogens is 276 g/mol. The van der Waals surface area contributed by atoms with E-state index in [-0.39, 0.29) is 5.92 Å². The average molecular weight is 308 g/mol. The maximum Gasteiger partial charge on any atom is 0.225 e. The van der Waals surface area contributed by atoms with Crippen LogP contribution in [0.15, 0.2) is 0 Å². The first-order valence-corrected chi connectivity index (χ1v) is 9.03. The van der Waals surface area contributed by atoms with Crippen molar-refractivity contribution >= 4 is 5.91 Å². The molecule has 0 saturated carbocycles. The molecule has 0 atom stereocenters. The Kier molecular flexibility index (Phi) is 5.37. The van der Waals surface area contributed by atoms with Crippen molar-refractivity contribution in [2.24, 2.45) is 5.92 Å². The van der Waals surface area contributed by atoms with Gasteiger partial charge in [0.2, 0.25) is 5.91 Å². The predicted octanol–water partition coefficient (Wildman–Crippen LogP) is 0.567. The monoisotopic (exact) mass is 308 g/mol. The zero-order valence-electron chi connectivity index (χ0n) is 14.3. The molecule has 0 aliphatic carbocycles. The first-order valence-electron chi connectivity index (χ1n) is 9.03. The van der Waals surface area contributed by atoms with Gasteiger partial charge in [0, 0.05) is 38.1 Å². The summed E-state index contributed by atoms with van der Waals surface area (Å²) >= 11 is 0. The Labute approximate surface area is 135 Å². The van der Waals surface area contributed by atoms with Crippen LogP contribution in [0.2, 0.25) is 0 Å². The van der Waals surface area contributed by atoms with Crippen molar-refractivity contribution < 1.29 is 4.79 Å². The van der Waals surface area contributed by atoms with Gasteiger partial charge in [0.1, 0.15) is 0 Å². The lowest BCUT2D eigenvalue weighted by Crippen LogP contribution is -2.55. The highest BCUT2D eigenvalue weighted by atomic mass is 16.2. The molecule has 0 N–H and O–H groups in total. The molecule has 5 heteroatoms. The van der Waals surface area contributed by atoms with E-state index in [4.69, 9.17) is 0 Å². The molecule has 5 nitrogen and oxygen atoms in total. The van der Waals surface area contributed by atoms with Gasteiger partial charge in [-0.2, -0.15) is 0 Å². The van der Waals surface area contributed by atoms with Crippen LogP contribution in [0, 0.1) is 5.92 Å². The summed E-state index contributed by atoms with van der Waals surface area (Å²) in [6, 6.07) is 0.747. The van der Waals surface area contributed by atoms with Gasteiger partial charge >= 0.3 is 0 Å². The van der Waals surface area contributed by atoms with Gasteiger partial charge in [-0.3, -0.25) is 9.69 Å². The minimum Gasteiger partial charge on any atom is -0.340 e. The first kappa shape index (κ1) is 16.2. The fourth-order valence-electron chi connectivity index (χ4n) is 4.18. The summed E-state index contributed by atoms with van der Waals surface area (Å²) in [4.78, 5) is 22.2. The third-order valence-corrected chi connectivity index (χ3v) is 5.90.